The van der Waals surface area contributed by atoms with Gasteiger partial charge in [-0.2, -0.15) is 0 Å². The van der Waals surface area contributed by atoms with Crippen molar-refractivity contribution < 1.29 is 9.18 Å². The first-order chi connectivity index (χ1) is 15.4. The fourth-order valence-corrected chi connectivity index (χ4v) is 5.70. The second-order valence-electron chi connectivity index (χ2n) is 8.82. The lowest BCUT2D eigenvalue weighted by atomic mass is 9.91. The zero-order valence-corrected chi connectivity index (χ0v) is 18.8. The average molecular weight is 455 g/mol. The van der Waals surface area contributed by atoms with Crippen LogP contribution in [0.25, 0.3) is 10.2 Å². The Morgan fingerprint density at radius 2 is 2.12 bits per heavy atom. The second kappa shape index (κ2) is 8.29. The molecular weight excluding hydrogens is 427 g/mol. The van der Waals surface area contributed by atoms with Gasteiger partial charge in [0.25, 0.3) is 5.91 Å². The van der Waals surface area contributed by atoms with E-state index in [2.05, 4.69) is 21.3 Å². The number of aryl methyl sites for hydroxylation is 2. The molecule has 4 heterocycles. The number of nitrogen functional groups attached to an aromatic ring is 1. The molecule has 0 aromatic carbocycles. The number of pyridine rings is 2. The third-order valence-electron chi connectivity index (χ3n) is 6.54. The third-order valence-corrected chi connectivity index (χ3v) is 7.65. The Morgan fingerprint density at radius 1 is 1.28 bits per heavy atom. The Morgan fingerprint density at radius 3 is 2.91 bits per heavy atom. The highest BCUT2D eigenvalue weighted by molar-refractivity contribution is 7.21. The molecule has 3 aromatic rings. The minimum atomic E-state index is -0.399. The first kappa shape index (κ1) is 21.1. The number of thiophene rings is 1. The van der Waals surface area contributed by atoms with Crippen LogP contribution in [0.4, 0.5) is 15.9 Å². The molecule has 0 bridgehead atoms. The average Bonchev–Trinajstić information content (AvgIpc) is 3.32. The number of nitrogens with one attached hydrogen (secondary N) is 1. The van der Waals surface area contributed by atoms with Crippen LogP contribution in [0, 0.1) is 12.8 Å². The van der Waals surface area contributed by atoms with Crippen molar-refractivity contribution in [1.29, 1.82) is 0 Å². The highest BCUT2D eigenvalue weighted by Crippen LogP contribution is 2.33. The molecule has 0 saturated carbocycles. The largest absolute Gasteiger partial charge is 0.397 e. The van der Waals surface area contributed by atoms with Gasteiger partial charge in [0.15, 0.2) is 0 Å². The monoisotopic (exact) mass is 454 g/mol. The zero-order chi connectivity index (χ0) is 22.4. The summed E-state index contributed by atoms with van der Waals surface area (Å²) in [6, 6.07) is 7.75. The molecule has 32 heavy (non-hydrogen) atoms. The summed E-state index contributed by atoms with van der Waals surface area (Å²) in [6.07, 6.45) is 2.32. The van der Waals surface area contributed by atoms with Crippen LogP contribution in [0.15, 0.2) is 24.3 Å². The SMILES string of the molecule is Cc1ccc2c(N)c(C(=O)N[C@H]3CCc4nc(N5C[C@H](CF)[C@@H](N)C5)ccc4C3)sc2n1. The van der Waals surface area contributed by atoms with E-state index in [1.807, 2.05) is 25.1 Å². The van der Waals surface area contributed by atoms with E-state index in [-0.39, 0.29) is 23.9 Å². The highest BCUT2D eigenvalue weighted by atomic mass is 32.1. The van der Waals surface area contributed by atoms with E-state index in [0.29, 0.717) is 23.7 Å². The topological polar surface area (TPSA) is 110 Å². The summed E-state index contributed by atoms with van der Waals surface area (Å²) < 4.78 is 13.1. The summed E-state index contributed by atoms with van der Waals surface area (Å²) in [5, 5.41) is 3.98. The molecule has 7 nitrogen and oxygen atoms in total. The number of nitrogens with two attached hydrogens (primary N) is 2. The maximum atomic E-state index is 13.1. The summed E-state index contributed by atoms with van der Waals surface area (Å²) in [7, 11) is 0. The van der Waals surface area contributed by atoms with Crippen molar-refractivity contribution in [3.63, 3.8) is 0 Å². The molecule has 1 aliphatic heterocycles. The van der Waals surface area contributed by atoms with E-state index in [4.69, 9.17) is 16.5 Å². The minimum absolute atomic E-state index is 0.0260. The van der Waals surface area contributed by atoms with Crippen LogP contribution in [0.1, 0.15) is 33.0 Å². The van der Waals surface area contributed by atoms with E-state index < -0.39 is 6.67 Å². The maximum absolute atomic E-state index is 13.1. The van der Waals surface area contributed by atoms with Gasteiger partial charge in [-0.15, -0.1) is 11.3 Å². The number of nitrogens with zero attached hydrogens (tertiary/aromatic N) is 3. The van der Waals surface area contributed by atoms with Crippen LogP contribution in [0.3, 0.4) is 0 Å². The minimum Gasteiger partial charge on any atom is -0.397 e. The van der Waals surface area contributed by atoms with E-state index >= 15 is 0 Å². The molecule has 1 amide bonds. The second-order valence-corrected chi connectivity index (χ2v) is 9.82. The van der Waals surface area contributed by atoms with Gasteiger partial charge in [0.1, 0.15) is 15.5 Å². The van der Waals surface area contributed by atoms with Gasteiger partial charge >= 0.3 is 0 Å². The first-order valence-corrected chi connectivity index (χ1v) is 11.8. The number of carbonyl (C=O) groups is 1. The fraction of sp³-hybridized carbons (Fsp3) is 0.435. The van der Waals surface area contributed by atoms with Gasteiger partial charge in [-0.3, -0.25) is 9.18 Å². The van der Waals surface area contributed by atoms with Crippen molar-refractivity contribution in [1.82, 2.24) is 15.3 Å². The molecule has 1 fully saturated rings. The van der Waals surface area contributed by atoms with Crippen molar-refractivity contribution in [2.45, 2.75) is 38.3 Å². The lowest BCUT2D eigenvalue weighted by Gasteiger charge is -2.26. The lowest BCUT2D eigenvalue weighted by molar-refractivity contribution is 0.0938. The third kappa shape index (κ3) is 3.80. The van der Waals surface area contributed by atoms with Crippen molar-refractivity contribution in [2.75, 3.05) is 30.4 Å². The van der Waals surface area contributed by atoms with Crippen molar-refractivity contribution >= 4 is 39.0 Å². The van der Waals surface area contributed by atoms with Crippen molar-refractivity contribution in [3.05, 3.63) is 46.1 Å². The summed E-state index contributed by atoms with van der Waals surface area (Å²) in [5.41, 5.74) is 15.9. The fourth-order valence-electron chi connectivity index (χ4n) is 4.65. The summed E-state index contributed by atoms with van der Waals surface area (Å²) in [4.78, 5) is 25.6. The van der Waals surface area contributed by atoms with E-state index in [9.17, 15) is 9.18 Å². The van der Waals surface area contributed by atoms with Crippen LogP contribution >= 0.6 is 11.3 Å². The van der Waals surface area contributed by atoms with Crippen LogP contribution < -0.4 is 21.7 Å². The van der Waals surface area contributed by atoms with Gasteiger partial charge in [-0.25, -0.2) is 9.97 Å². The predicted octanol–water partition coefficient (Wildman–Crippen LogP) is 2.60. The zero-order valence-electron chi connectivity index (χ0n) is 18.0. The standard InChI is InChI=1S/C23H27FN6OS/c1-12-2-5-16-20(26)21(32-23(16)27-12)22(31)28-15-4-6-18-13(8-15)3-7-19(29-18)30-10-14(9-24)17(25)11-30/h2-3,5,7,14-15,17H,4,6,8-11,25-26H2,1H3,(H,28,31)/t14-,15-,17-/m0/s1. The van der Waals surface area contributed by atoms with Gasteiger partial charge in [0.05, 0.1) is 12.4 Å². The Balaban J connectivity index is 1.28. The number of aromatic nitrogens is 2. The molecule has 0 radical (unpaired) electrons. The molecule has 168 valence electrons. The van der Waals surface area contributed by atoms with Gasteiger partial charge in [-0.05, 0) is 49.9 Å². The van der Waals surface area contributed by atoms with E-state index in [1.165, 1.54) is 11.3 Å². The Kier molecular flexibility index (Phi) is 5.46. The van der Waals surface area contributed by atoms with Gasteiger partial charge in [-0.1, -0.05) is 6.07 Å². The van der Waals surface area contributed by atoms with E-state index in [1.54, 1.807) is 0 Å². The number of amides is 1. The van der Waals surface area contributed by atoms with Gasteiger partial charge < -0.3 is 21.7 Å². The number of alkyl halides is 1. The molecule has 0 unspecified atom stereocenters. The summed E-state index contributed by atoms with van der Waals surface area (Å²) >= 11 is 1.34. The number of anilines is 2. The summed E-state index contributed by atoms with van der Waals surface area (Å²) in [6.45, 7) is 2.76. The first-order valence-electron chi connectivity index (χ1n) is 10.9. The molecule has 5 N–H and O–H groups in total. The molecule has 1 aliphatic carbocycles. The molecular formula is C23H27FN6OS. The van der Waals surface area contributed by atoms with Crippen LogP contribution in [-0.2, 0) is 12.8 Å². The smallest absolute Gasteiger partial charge is 0.263 e. The number of halogens is 1. The molecule has 2 aliphatic rings. The molecule has 9 heteroatoms. The van der Waals surface area contributed by atoms with Gasteiger partial charge in [0, 0.05) is 47.9 Å². The number of hydrogen-bond acceptors (Lipinski definition) is 7. The number of hydrogen-bond donors (Lipinski definition) is 3. The maximum Gasteiger partial charge on any atom is 0.263 e. The number of carbonyl (C=O) groups excluding carboxylic acids is 1. The quantitative estimate of drug-likeness (QED) is 0.559. The Labute approximate surface area is 190 Å². The molecule has 1 saturated heterocycles. The Hall–Kier alpha value is -2.78. The predicted molar refractivity (Wildman–Crippen MR) is 126 cm³/mol. The van der Waals surface area contributed by atoms with Crippen LogP contribution in [-0.4, -0.2) is 47.7 Å². The molecule has 3 aromatic heterocycles. The molecule has 5 rings (SSSR count). The number of rotatable bonds is 4. The van der Waals surface area contributed by atoms with E-state index in [0.717, 1.165) is 52.2 Å². The van der Waals surface area contributed by atoms with Gasteiger partial charge in [0.2, 0.25) is 0 Å². The summed E-state index contributed by atoms with van der Waals surface area (Å²) in [5.74, 6) is 0.579. The lowest BCUT2D eigenvalue weighted by Crippen LogP contribution is -2.39. The van der Waals surface area contributed by atoms with Crippen LogP contribution in [0.5, 0.6) is 0 Å². The molecule has 3 atom stereocenters. The Bertz CT molecular complexity index is 1180. The number of fused-ring (bicyclic) bond motifs is 2. The van der Waals surface area contributed by atoms with Crippen LogP contribution in [0.2, 0.25) is 0 Å². The normalized spacial score (nSPS) is 22.8. The highest BCUT2D eigenvalue weighted by Gasteiger charge is 2.31. The van der Waals surface area contributed by atoms with Crippen molar-refractivity contribution in [3.8, 4) is 0 Å². The van der Waals surface area contributed by atoms with Crippen molar-refractivity contribution in [2.24, 2.45) is 11.7 Å². The molecule has 0 spiro atoms.